The van der Waals surface area contributed by atoms with E-state index in [9.17, 15) is 19.2 Å². The number of hydrogen-bond donors (Lipinski definition) is 6. The predicted octanol–water partition coefficient (Wildman–Crippen LogP) is 0.971. The number of carbonyl (C=O) groups is 4. The lowest BCUT2D eigenvalue weighted by molar-refractivity contribution is -0.139. The van der Waals surface area contributed by atoms with Gasteiger partial charge in [0.1, 0.15) is 12.1 Å². The van der Waals surface area contributed by atoms with Crippen molar-refractivity contribution in [3.05, 3.63) is 59.7 Å². The molecular weight excluding hydrogens is 588 g/mol. The molecular formula is C32H44N10O4. The Morgan fingerprint density at radius 2 is 1.02 bits per heavy atom. The number of carbonyl (C=O) groups excluding carboxylic acids is 4. The van der Waals surface area contributed by atoms with Crippen molar-refractivity contribution < 1.29 is 19.2 Å². The third kappa shape index (κ3) is 10.2. The number of aliphatic imine (C=N–C) groups is 2. The smallest absolute Gasteiger partial charge is 0.245 e. The maximum Gasteiger partial charge on any atom is 0.245 e. The Hall–Kier alpha value is -5.14. The number of benzene rings is 2. The van der Waals surface area contributed by atoms with Gasteiger partial charge in [-0.3, -0.25) is 19.2 Å². The van der Waals surface area contributed by atoms with Gasteiger partial charge in [0.25, 0.3) is 0 Å². The monoisotopic (exact) mass is 632 g/mol. The molecule has 2 aromatic rings. The summed E-state index contributed by atoms with van der Waals surface area (Å²) in [6, 6.07) is 13.5. The molecule has 0 spiro atoms. The van der Waals surface area contributed by atoms with Crippen LogP contribution in [0.15, 0.2) is 58.5 Å². The summed E-state index contributed by atoms with van der Waals surface area (Å²) in [6.45, 7) is 2.09. The Labute approximate surface area is 268 Å². The normalized spacial score (nSPS) is 18.1. The van der Waals surface area contributed by atoms with Gasteiger partial charge in [-0.2, -0.15) is 0 Å². The average molecular weight is 633 g/mol. The molecule has 2 aliphatic heterocycles. The lowest BCUT2D eigenvalue weighted by atomic mass is 10.0. The molecule has 2 atom stereocenters. The Morgan fingerprint density at radius 3 is 1.37 bits per heavy atom. The SMILES string of the molecule is NC(N)=Nc1ccc(CN2CCCC(NC(=O)CCCCC(=O)NC3CCCN(Cc4ccc(N=C(N)N)cc4)C3=O)C2=O)cc1. The van der Waals surface area contributed by atoms with Crippen LogP contribution >= 0.6 is 0 Å². The van der Waals surface area contributed by atoms with Gasteiger partial charge in [0, 0.05) is 39.0 Å². The van der Waals surface area contributed by atoms with Crippen LogP contribution in [0.1, 0.15) is 62.5 Å². The molecule has 2 unspecified atom stereocenters. The van der Waals surface area contributed by atoms with Gasteiger partial charge < -0.3 is 43.4 Å². The van der Waals surface area contributed by atoms with Crippen molar-refractivity contribution in [1.82, 2.24) is 20.4 Å². The number of piperidine rings is 2. The highest BCUT2D eigenvalue weighted by Crippen LogP contribution is 2.20. The van der Waals surface area contributed by atoms with Gasteiger partial charge >= 0.3 is 0 Å². The standard InChI is InChI=1S/C32H44N10O4/c33-31(34)37-23-13-9-21(10-14-23)19-41-17-3-5-25(29(41)45)39-27(43)7-1-2-8-28(44)40-26-6-4-18-42(30(26)46)20-22-11-15-24(16-12-22)38-32(35)36/h9-16,25-26H,1-8,17-20H2,(H,39,43)(H,40,44)(H4,33,34,37)(H4,35,36,38). The van der Waals surface area contributed by atoms with E-state index in [0.29, 0.717) is 63.2 Å². The van der Waals surface area contributed by atoms with Gasteiger partial charge in [-0.25, -0.2) is 9.98 Å². The molecule has 2 fully saturated rings. The quantitative estimate of drug-likeness (QED) is 0.106. The van der Waals surface area contributed by atoms with Crippen LogP contribution in [0.5, 0.6) is 0 Å². The van der Waals surface area contributed by atoms with E-state index in [1.54, 1.807) is 34.1 Å². The van der Waals surface area contributed by atoms with Crippen LogP contribution in [0.4, 0.5) is 11.4 Å². The Balaban J connectivity index is 1.15. The van der Waals surface area contributed by atoms with Crippen molar-refractivity contribution in [2.24, 2.45) is 32.9 Å². The first-order valence-corrected chi connectivity index (χ1v) is 15.6. The third-order valence-electron chi connectivity index (χ3n) is 7.93. The van der Waals surface area contributed by atoms with Crippen molar-refractivity contribution >= 4 is 46.9 Å². The second kappa shape index (κ2) is 16.3. The first-order chi connectivity index (χ1) is 22.1. The molecule has 0 saturated carbocycles. The molecule has 10 N–H and O–H groups in total. The second-order valence-electron chi connectivity index (χ2n) is 11.7. The fourth-order valence-corrected chi connectivity index (χ4v) is 5.66. The minimum absolute atomic E-state index is 0.0227. The molecule has 0 bridgehead atoms. The summed E-state index contributed by atoms with van der Waals surface area (Å²) in [7, 11) is 0. The summed E-state index contributed by atoms with van der Waals surface area (Å²) in [6.07, 6.45) is 4.14. The summed E-state index contributed by atoms with van der Waals surface area (Å²) >= 11 is 0. The molecule has 2 aliphatic rings. The maximum absolute atomic E-state index is 13.0. The van der Waals surface area contributed by atoms with Crippen LogP contribution in [-0.4, -0.2) is 70.5 Å². The highest BCUT2D eigenvalue weighted by molar-refractivity contribution is 5.89. The summed E-state index contributed by atoms with van der Waals surface area (Å²) in [5, 5.41) is 5.73. The van der Waals surface area contributed by atoms with E-state index in [-0.39, 0.29) is 48.4 Å². The second-order valence-corrected chi connectivity index (χ2v) is 11.7. The summed E-state index contributed by atoms with van der Waals surface area (Å²) < 4.78 is 0. The number of likely N-dealkylation sites (tertiary alicyclic amines) is 2. The minimum atomic E-state index is -0.568. The number of amides is 4. The first kappa shape index (κ1) is 33.7. The molecule has 2 aromatic carbocycles. The largest absolute Gasteiger partial charge is 0.370 e. The van der Waals surface area contributed by atoms with Gasteiger partial charge in [0.2, 0.25) is 23.6 Å². The number of hydrogen-bond acceptors (Lipinski definition) is 6. The molecule has 46 heavy (non-hydrogen) atoms. The molecule has 2 heterocycles. The topological polar surface area (TPSA) is 228 Å². The van der Waals surface area contributed by atoms with Crippen molar-refractivity contribution in [3.8, 4) is 0 Å². The predicted molar refractivity (Wildman–Crippen MR) is 175 cm³/mol. The highest BCUT2D eigenvalue weighted by Gasteiger charge is 2.31. The molecule has 14 heteroatoms. The van der Waals surface area contributed by atoms with Crippen LogP contribution in [0, 0.1) is 0 Å². The molecule has 2 saturated heterocycles. The van der Waals surface area contributed by atoms with Gasteiger partial charge in [-0.15, -0.1) is 0 Å². The van der Waals surface area contributed by atoms with E-state index < -0.39 is 12.1 Å². The molecule has 4 rings (SSSR count). The van der Waals surface area contributed by atoms with Gasteiger partial charge in [0.15, 0.2) is 11.9 Å². The number of nitrogens with one attached hydrogen (secondary N) is 2. The van der Waals surface area contributed by atoms with E-state index in [4.69, 9.17) is 22.9 Å². The summed E-state index contributed by atoms with van der Waals surface area (Å²) in [5.41, 5.74) is 24.8. The van der Waals surface area contributed by atoms with Crippen molar-refractivity contribution in [3.63, 3.8) is 0 Å². The van der Waals surface area contributed by atoms with Crippen molar-refractivity contribution in [2.75, 3.05) is 13.1 Å². The van der Waals surface area contributed by atoms with Crippen LogP contribution in [-0.2, 0) is 32.3 Å². The Morgan fingerprint density at radius 1 is 0.652 bits per heavy atom. The highest BCUT2D eigenvalue weighted by atomic mass is 16.2. The van der Waals surface area contributed by atoms with E-state index in [1.807, 2.05) is 24.3 Å². The van der Waals surface area contributed by atoms with Gasteiger partial charge in [0.05, 0.1) is 11.4 Å². The molecule has 4 amide bonds. The molecule has 0 aliphatic carbocycles. The van der Waals surface area contributed by atoms with E-state index in [2.05, 4.69) is 20.6 Å². The van der Waals surface area contributed by atoms with Crippen LogP contribution in [0.2, 0.25) is 0 Å². The fraction of sp³-hybridized carbons (Fsp3) is 0.438. The fourth-order valence-electron chi connectivity index (χ4n) is 5.66. The molecule has 14 nitrogen and oxygen atoms in total. The van der Waals surface area contributed by atoms with Crippen molar-refractivity contribution in [2.45, 2.75) is 76.5 Å². The zero-order chi connectivity index (χ0) is 33.1. The lowest BCUT2D eigenvalue weighted by Gasteiger charge is -2.33. The van der Waals surface area contributed by atoms with Crippen LogP contribution in [0.25, 0.3) is 0 Å². The number of guanidine groups is 2. The summed E-state index contributed by atoms with van der Waals surface area (Å²) in [5.74, 6) is -0.697. The maximum atomic E-state index is 13.0. The zero-order valence-corrected chi connectivity index (χ0v) is 26.0. The van der Waals surface area contributed by atoms with E-state index in [0.717, 1.165) is 24.0 Å². The number of rotatable bonds is 13. The lowest BCUT2D eigenvalue weighted by Crippen LogP contribution is -2.52. The molecule has 246 valence electrons. The molecule has 0 aromatic heterocycles. The number of nitrogens with zero attached hydrogens (tertiary/aromatic N) is 4. The number of unbranched alkanes of at least 4 members (excludes halogenated alkanes) is 1. The van der Waals surface area contributed by atoms with Crippen LogP contribution < -0.4 is 33.6 Å². The Kier molecular flexibility index (Phi) is 11.9. The van der Waals surface area contributed by atoms with Gasteiger partial charge in [-0.05, 0) is 73.9 Å². The molecule has 0 radical (unpaired) electrons. The van der Waals surface area contributed by atoms with Gasteiger partial charge in [-0.1, -0.05) is 24.3 Å². The minimum Gasteiger partial charge on any atom is -0.370 e. The zero-order valence-electron chi connectivity index (χ0n) is 26.0. The average Bonchev–Trinajstić information content (AvgIpc) is 3.01. The Bertz CT molecular complexity index is 1320. The summed E-state index contributed by atoms with van der Waals surface area (Å²) in [4.78, 5) is 62.8. The van der Waals surface area contributed by atoms with E-state index in [1.165, 1.54) is 0 Å². The van der Waals surface area contributed by atoms with E-state index >= 15 is 0 Å². The van der Waals surface area contributed by atoms with Crippen LogP contribution in [0.3, 0.4) is 0 Å². The van der Waals surface area contributed by atoms with Crippen molar-refractivity contribution in [1.29, 1.82) is 0 Å². The first-order valence-electron chi connectivity index (χ1n) is 15.6. The third-order valence-corrected chi connectivity index (χ3v) is 7.93. The number of nitrogens with two attached hydrogens (primary N) is 4.